The first-order chi connectivity index (χ1) is 36.2. The zero-order valence-corrected chi connectivity index (χ0v) is 41.3. The van der Waals surface area contributed by atoms with Crippen LogP contribution in [-0.4, -0.2) is 81.7 Å². The average molecular weight is 987 g/mol. The van der Waals surface area contributed by atoms with Crippen LogP contribution in [0.25, 0.3) is 0 Å². The predicted octanol–water partition coefficient (Wildman–Crippen LogP) is 10.8. The van der Waals surface area contributed by atoms with Crippen molar-refractivity contribution in [3.63, 3.8) is 0 Å². The molecule has 2 heterocycles. The highest BCUT2D eigenvalue weighted by Crippen LogP contribution is 2.35. The van der Waals surface area contributed by atoms with Crippen molar-refractivity contribution >= 4 is 0 Å². The quantitative estimate of drug-likeness (QED) is 0.0518. The first kappa shape index (κ1) is 52.0. The molecule has 2 saturated heterocycles. The molecule has 10 atom stereocenters. The lowest BCUT2D eigenvalue weighted by Gasteiger charge is -2.48. The molecule has 9 rings (SSSR count). The van der Waals surface area contributed by atoms with Gasteiger partial charge in [0.15, 0.2) is 12.6 Å². The number of ether oxygens (including phenoxy) is 11. The maximum Gasteiger partial charge on any atom is 0.187 e. The van der Waals surface area contributed by atoms with Crippen molar-refractivity contribution in [1.82, 2.24) is 0 Å². The Balaban J connectivity index is 1.05. The molecule has 380 valence electrons. The van der Waals surface area contributed by atoms with E-state index in [0.29, 0.717) is 26.4 Å². The van der Waals surface area contributed by atoms with Crippen LogP contribution in [0.3, 0.4) is 0 Å². The maximum atomic E-state index is 7.10. The topological polar surface area (TPSA) is 102 Å². The Morgan fingerprint density at radius 2 is 0.534 bits per heavy atom. The summed E-state index contributed by atoms with van der Waals surface area (Å²) in [5, 5.41) is 0. The zero-order valence-electron chi connectivity index (χ0n) is 41.3. The van der Waals surface area contributed by atoms with Gasteiger partial charge < -0.3 is 52.1 Å². The van der Waals surface area contributed by atoms with E-state index in [0.717, 1.165) is 38.9 Å². The Hall–Kier alpha value is -5.90. The second-order valence-electron chi connectivity index (χ2n) is 18.2. The summed E-state index contributed by atoms with van der Waals surface area (Å²) in [7, 11) is 1.61. The fraction of sp³-hybridized carbons (Fsp3) is 0.323. The lowest BCUT2D eigenvalue weighted by atomic mass is 9.96. The lowest BCUT2D eigenvalue weighted by Crippen LogP contribution is -2.64. The highest BCUT2D eigenvalue weighted by atomic mass is 16.7. The van der Waals surface area contributed by atoms with Gasteiger partial charge >= 0.3 is 0 Å². The second kappa shape index (κ2) is 28.0. The third-order valence-corrected chi connectivity index (χ3v) is 12.9. The summed E-state index contributed by atoms with van der Waals surface area (Å²) in [6, 6.07) is 70.4. The van der Waals surface area contributed by atoms with E-state index in [4.69, 9.17) is 52.1 Å². The summed E-state index contributed by atoms with van der Waals surface area (Å²) < 4.78 is 75.2. The zero-order chi connectivity index (χ0) is 49.7. The van der Waals surface area contributed by atoms with Gasteiger partial charge in [-0.15, -0.1) is 0 Å². The molecule has 0 saturated carbocycles. The summed E-state index contributed by atoms with van der Waals surface area (Å²) in [5.41, 5.74) is 7.00. The van der Waals surface area contributed by atoms with E-state index in [1.165, 1.54) is 0 Å². The van der Waals surface area contributed by atoms with Crippen molar-refractivity contribution in [1.29, 1.82) is 0 Å². The molecule has 0 bridgehead atoms. The molecule has 2 aliphatic heterocycles. The van der Waals surface area contributed by atoms with Crippen LogP contribution in [0.15, 0.2) is 212 Å². The summed E-state index contributed by atoms with van der Waals surface area (Å²) in [6.45, 7) is 2.25. The fourth-order valence-electron chi connectivity index (χ4n) is 9.14. The van der Waals surface area contributed by atoms with Crippen LogP contribution < -0.4 is 0 Å². The molecule has 73 heavy (non-hydrogen) atoms. The Morgan fingerprint density at radius 1 is 0.274 bits per heavy atom. The minimum atomic E-state index is -0.999. The normalized spacial score (nSPS) is 24.0. The molecule has 0 aliphatic carbocycles. The summed E-state index contributed by atoms with van der Waals surface area (Å²) >= 11 is 0. The second-order valence-corrected chi connectivity index (χ2v) is 18.2. The lowest BCUT2D eigenvalue weighted by molar-refractivity contribution is -0.351. The standard InChI is InChI=1S/C62H66O11/c1-63-61-59(69-42-51-33-19-7-20-34-51)57(67-40-49-29-15-5-16-30-49)56(66-39-48-27-13-4-14-28-48)54(72-61)45-71-62-60(70-43-52-35-21-8-22-36-52)58(68-41-50-31-17-6-18-32-50)55(65-38-47-25-11-3-12-26-47)53(73-62)44-64-37-46-23-9-2-10-24-46/h2-36,53-62H,37-45H2,1H3/t53-,54-,55-,56-,57+,58+,59-,60-,61-,62-/m1/s1. The molecular formula is C62H66O11. The van der Waals surface area contributed by atoms with E-state index in [9.17, 15) is 0 Å². The van der Waals surface area contributed by atoms with Gasteiger partial charge in [0, 0.05) is 7.11 Å². The van der Waals surface area contributed by atoms with Crippen molar-refractivity contribution in [2.75, 3.05) is 20.3 Å². The number of benzene rings is 7. The predicted molar refractivity (Wildman–Crippen MR) is 276 cm³/mol. The molecule has 7 aromatic rings. The summed E-state index contributed by atoms with van der Waals surface area (Å²) in [6.07, 6.45) is -7.47. The van der Waals surface area contributed by atoms with Gasteiger partial charge in [-0.05, 0) is 38.9 Å². The third kappa shape index (κ3) is 15.3. The van der Waals surface area contributed by atoms with Gasteiger partial charge in [0.05, 0.1) is 59.5 Å². The molecule has 2 fully saturated rings. The largest absolute Gasteiger partial charge is 0.374 e. The molecule has 0 N–H and O–H groups in total. The molecule has 11 heteroatoms. The van der Waals surface area contributed by atoms with Crippen LogP contribution in [-0.2, 0) is 98.4 Å². The van der Waals surface area contributed by atoms with E-state index in [2.05, 4.69) is 0 Å². The van der Waals surface area contributed by atoms with Crippen LogP contribution in [0.5, 0.6) is 0 Å². The smallest absolute Gasteiger partial charge is 0.187 e. The van der Waals surface area contributed by atoms with Crippen LogP contribution in [0, 0.1) is 0 Å². The van der Waals surface area contributed by atoms with Gasteiger partial charge in [-0.1, -0.05) is 212 Å². The first-order valence-electron chi connectivity index (χ1n) is 25.2. The number of hydrogen-bond acceptors (Lipinski definition) is 11. The minimum Gasteiger partial charge on any atom is -0.374 e. The van der Waals surface area contributed by atoms with Crippen molar-refractivity contribution in [2.45, 2.75) is 108 Å². The Bertz CT molecular complexity index is 2560. The summed E-state index contributed by atoms with van der Waals surface area (Å²) in [4.78, 5) is 0. The van der Waals surface area contributed by atoms with Gasteiger partial charge in [-0.2, -0.15) is 0 Å². The number of rotatable bonds is 26. The van der Waals surface area contributed by atoms with E-state index in [1.807, 2.05) is 212 Å². The van der Waals surface area contributed by atoms with Gasteiger partial charge in [0.1, 0.15) is 48.8 Å². The monoisotopic (exact) mass is 986 g/mol. The highest BCUT2D eigenvalue weighted by molar-refractivity contribution is 5.19. The molecule has 0 aromatic heterocycles. The van der Waals surface area contributed by atoms with Gasteiger partial charge in [0.25, 0.3) is 0 Å². The van der Waals surface area contributed by atoms with Gasteiger partial charge in [-0.25, -0.2) is 0 Å². The van der Waals surface area contributed by atoms with E-state index < -0.39 is 61.4 Å². The van der Waals surface area contributed by atoms with Crippen molar-refractivity contribution in [3.05, 3.63) is 251 Å². The molecule has 11 nitrogen and oxygen atoms in total. The molecular weight excluding hydrogens is 921 g/mol. The Kier molecular flexibility index (Phi) is 19.9. The maximum absolute atomic E-state index is 7.10. The van der Waals surface area contributed by atoms with E-state index in [1.54, 1.807) is 7.11 Å². The first-order valence-corrected chi connectivity index (χ1v) is 25.2. The van der Waals surface area contributed by atoms with Crippen molar-refractivity contribution in [2.24, 2.45) is 0 Å². The van der Waals surface area contributed by atoms with Gasteiger partial charge in [0.2, 0.25) is 0 Å². The highest BCUT2D eigenvalue weighted by Gasteiger charge is 2.52. The molecule has 0 amide bonds. The minimum absolute atomic E-state index is 0.00960. The third-order valence-electron chi connectivity index (χ3n) is 12.9. The summed E-state index contributed by atoms with van der Waals surface area (Å²) in [5.74, 6) is 0. The molecule has 0 unspecified atom stereocenters. The average Bonchev–Trinajstić information content (AvgIpc) is 3.45. The van der Waals surface area contributed by atoms with Crippen LogP contribution in [0.4, 0.5) is 0 Å². The SMILES string of the molecule is CO[C@@H]1O[C@H](CO[C@@H]2O[C@H](COCc3ccccc3)[C@@H](OCc3ccccc3)[C@H](OCc3ccccc3)[C@H]2OCc2ccccc2)[C@@H](OCc2ccccc2)[C@H](OCc2ccccc2)[C@H]1OCc1ccccc1. The van der Waals surface area contributed by atoms with Crippen LogP contribution >= 0.6 is 0 Å². The Labute approximate surface area is 429 Å². The molecule has 7 aromatic carbocycles. The molecule has 0 spiro atoms. The molecule has 0 radical (unpaired) electrons. The van der Waals surface area contributed by atoms with E-state index >= 15 is 0 Å². The van der Waals surface area contributed by atoms with Crippen molar-refractivity contribution in [3.8, 4) is 0 Å². The van der Waals surface area contributed by atoms with Crippen LogP contribution in [0.2, 0.25) is 0 Å². The number of methoxy groups -OCH3 is 1. The fourth-order valence-corrected chi connectivity index (χ4v) is 9.14. The van der Waals surface area contributed by atoms with Crippen LogP contribution in [0.1, 0.15) is 38.9 Å². The molecule has 2 aliphatic rings. The van der Waals surface area contributed by atoms with Gasteiger partial charge in [-0.3, -0.25) is 0 Å². The van der Waals surface area contributed by atoms with Crippen molar-refractivity contribution < 1.29 is 52.1 Å². The van der Waals surface area contributed by atoms with E-state index in [-0.39, 0.29) is 33.0 Å². The number of hydrogen-bond donors (Lipinski definition) is 0. The Morgan fingerprint density at radius 3 is 0.863 bits per heavy atom.